The predicted molar refractivity (Wildman–Crippen MR) is 117 cm³/mol. The number of ether oxygens (including phenoxy) is 1. The Hall–Kier alpha value is -1.12. The molecule has 0 saturated carbocycles. The van der Waals surface area contributed by atoms with Crippen LogP contribution in [0.4, 0.5) is 0 Å². The minimum atomic E-state index is -0.343. The normalized spacial score (nSPS) is 17.0. The lowest BCUT2D eigenvalue weighted by atomic mass is 9.98. The molecule has 1 saturated heterocycles. The summed E-state index contributed by atoms with van der Waals surface area (Å²) in [5, 5.41) is 0. The van der Waals surface area contributed by atoms with Crippen LogP contribution in [0.1, 0.15) is 129 Å². The van der Waals surface area contributed by atoms with E-state index >= 15 is 0 Å². The Labute approximate surface area is 173 Å². The summed E-state index contributed by atoms with van der Waals surface area (Å²) in [5.41, 5.74) is 0. The van der Waals surface area contributed by atoms with Gasteiger partial charge in [0, 0.05) is 0 Å². The van der Waals surface area contributed by atoms with Crippen LogP contribution >= 0.6 is 0 Å². The van der Waals surface area contributed by atoms with Crippen LogP contribution in [0.5, 0.6) is 0 Å². The summed E-state index contributed by atoms with van der Waals surface area (Å²) in [6.45, 7) is 2.25. The Balaban J connectivity index is 1.71. The van der Waals surface area contributed by atoms with E-state index in [1.165, 1.54) is 103 Å². The highest BCUT2D eigenvalue weighted by Crippen LogP contribution is 2.22. The molecular weight excluding hydrogens is 348 g/mol. The highest BCUT2D eigenvalue weighted by Gasteiger charge is 2.32. The fraction of sp³-hybridized carbons (Fsp3) is 0.840. The van der Waals surface area contributed by atoms with Gasteiger partial charge >= 0.3 is 11.9 Å². The summed E-state index contributed by atoms with van der Waals surface area (Å²) in [5.74, 6) is -0.802. The first kappa shape index (κ1) is 24.9. The predicted octanol–water partition coefficient (Wildman–Crippen LogP) is 7.67. The largest absolute Gasteiger partial charge is 0.393 e. The standard InChI is InChI=1S/C25H44O3/c1-2-3-4-5-6-7-8-9-10-11-12-13-14-15-16-17-18-19-20-21-23-22-24(26)28-25(23)27/h5-6,23H,2-4,7-22H2,1H3/b6-5+. The number of allylic oxidation sites excluding steroid dienone is 2. The van der Waals surface area contributed by atoms with Crippen molar-refractivity contribution in [1.82, 2.24) is 0 Å². The zero-order valence-corrected chi connectivity index (χ0v) is 18.4. The van der Waals surface area contributed by atoms with Gasteiger partial charge in [-0.25, -0.2) is 0 Å². The van der Waals surface area contributed by atoms with Crippen LogP contribution in [0.25, 0.3) is 0 Å². The lowest BCUT2D eigenvalue weighted by Crippen LogP contribution is -2.06. The number of hydrogen-bond acceptors (Lipinski definition) is 3. The molecule has 0 radical (unpaired) electrons. The van der Waals surface area contributed by atoms with Gasteiger partial charge in [0.15, 0.2) is 0 Å². The molecule has 1 aliphatic heterocycles. The minimum absolute atomic E-state index is 0.158. The second kappa shape index (κ2) is 17.9. The van der Waals surface area contributed by atoms with Crippen molar-refractivity contribution in [3.63, 3.8) is 0 Å². The van der Waals surface area contributed by atoms with Crippen LogP contribution in [0, 0.1) is 5.92 Å². The fourth-order valence-corrected chi connectivity index (χ4v) is 3.90. The van der Waals surface area contributed by atoms with Gasteiger partial charge in [0.1, 0.15) is 0 Å². The van der Waals surface area contributed by atoms with Crippen LogP contribution in [-0.4, -0.2) is 11.9 Å². The second-order valence-electron chi connectivity index (χ2n) is 8.48. The van der Waals surface area contributed by atoms with Crippen LogP contribution < -0.4 is 0 Å². The van der Waals surface area contributed by atoms with E-state index < -0.39 is 0 Å². The molecular formula is C25H44O3. The van der Waals surface area contributed by atoms with Crippen molar-refractivity contribution in [3.8, 4) is 0 Å². The number of esters is 2. The molecule has 0 aromatic rings. The van der Waals surface area contributed by atoms with Crippen molar-refractivity contribution < 1.29 is 14.3 Å². The van der Waals surface area contributed by atoms with Gasteiger partial charge in [-0.2, -0.15) is 0 Å². The van der Waals surface area contributed by atoms with Crippen molar-refractivity contribution >= 4 is 11.9 Å². The summed E-state index contributed by atoms with van der Waals surface area (Å²) < 4.78 is 4.58. The molecule has 0 aromatic carbocycles. The van der Waals surface area contributed by atoms with E-state index in [0.717, 1.165) is 12.8 Å². The van der Waals surface area contributed by atoms with Gasteiger partial charge in [-0.05, 0) is 25.7 Å². The minimum Gasteiger partial charge on any atom is -0.393 e. The highest BCUT2D eigenvalue weighted by atomic mass is 16.6. The van der Waals surface area contributed by atoms with Gasteiger partial charge < -0.3 is 4.74 Å². The van der Waals surface area contributed by atoms with Gasteiger partial charge in [0.25, 0.3) is 0 Å². The summed E-state index contributed by atoms with van der Waals surface area (Å²) in [6.07, 6.45) is 28.3. The van der Waals surface area contributed by atoms with Crippen molar-refractivity contribution in [3.05, 3.63) is 12.2 Å². The quantitative estimate of drug-likeness (QED) is 0.0980. The molecule has 1 atom stereocenters. The topological polar surface area (TPSA) is 43.4 Å². The van der Waals surface area contributed by atoms with E-state index in [4.69, 9.17) is 0 Å². The zero-order valence-electron chi connectivity index (χ0n) is 18.4. The smallest absolute Gasteiger partial charge is 0.317 e. The Morgan fingerprint density at radius 1 is 0.714 bits per heavy atom. The maximum absolute atomic E-state index is 11.4. The molecule has 1 heterocycles. The monoisotopic (exact) mass is 392 g/mol. The van der Waals surface area contributed by atoms with E-state index in [9.17, 15) is 9.59 Å². The second-order valence-corrected chi connectivity index (χ2v) is 8.48. The highest BCUT2D eigenvalue weighted by molar-refractivity contribution is 5.94. The molecule has 1 unspecified atom stereocenters. The molecule has 0 aromatic heterocycles. The van der Waals surface area contributed by atoms with Gasteiger partial charge in [-0.3, -0.25) is 9.59 Å². The third kappa shape index (κ3) is 14.0. The number of cyclic esters (lactones) is 2. The molecule has 28 heavy (non-hydrogen) atoms. The summed E-state index contributed by atoms with van der Waals surface area (Å²) in [4.78, 5) is 22.4. The third-order valence-corrected chi connectivity index (χ3v) is 5.78. The number of carbonyl (C=O) groups is 2. The first-order valence-electron chi connectivity index (χ1n) is 12.1. The van der Waals surface area contributed by atoms with E-state index in [-0.39, 0.29) is 17.9 Å². The molecule has 1 rings (SSSR count). The molecule has 0 bridgehead atoms. The van der Waals surface area contributed by atoms with Crippen molar-refractivity contribution in [1.29, 1.82) is 0 Å². The fourth-order valence-electron chi connectivity index (χ4n) is 3.90. The molecule has 3 nitrogen and oxygen atoms in total. The Morgan fingerprint density at radius 2 is 1.18 bits per heavy atom. The number of carbonyl (C=O) groups excluding carboxylic acids is 2. The van der Waals surface area contributed by atoms with Crippen LogP contribution in [0.2, 0.25) is 0 Å². The van der Waals surface area contributed by atoms with E-state index in [1.54, 1.807) is 0 Å². The average Bonchev–Trinajstić information content (AvgIpc) is 3.00. The maximum Gasteiger partial charge on any atom is 0.317 e. The van der Waals surface area contributed by atoms with Crippen LogP contribution in [0.3, 0.4) is 0 Å². The number of rotatable bonds is 19. The van der Waals surface area contributed by atoms with E-state index in [0.29, 0.717) is 6.42 Å². The Bertz CT molecular complexity index is 428. The molecule has 1 fully saturated rings. The maximum atomic E-state index is 11.4. The summed E-state index contributed by atoms with van der Waals surface area (Å²) >= 11 is 0. The Morgan fingerprint density at radius 3 is 1.64 bits per heavy atom. The number of unbranched alkanes of at least 4 members (excludes halogenated alkanes) is 15. The van der Waals surface area contributed by atoms with Gasteiger partial charge in [0.05, 0.1) is 12.3 Å². The van der Waals surface area contributed by atoms with E-state index in [1.807, 2.05) is 0 Å². The lowest BCUT2D eigenvalue weighted by molar-refractivity contribution is -0.153. The third-order valence-electron chi connectivity index (χ3n) is 5.78. The SMILES string of the molecule is CCCC/C=C/CCCCCCCCCCCCCCCC1CC(=O)OC1=O. The number of hydrogen-bond donors (Lipinski definition) is 0. The molecule has 3 heteroatoms. The summed E-state index contributed by atoms with van der Waals surface area (Å²) in [7, 11) is 0. The van der Waals surface area contributed by atoms with Crippen LogP contribution in [0.15, 0.2) is 12.2 Å². The lowest BCUT2D eigenvalue weighted by Gasteiger charge is -2.05. The molecule has 1 aliphatic rings. The van der Waals surface area contributed by atoms with Crippen molar-refractivity contribution in [2.75, 3.05) is 0 Å². The zero-order chi connectivity index (χ0) is 20.3. The molecule has 0 aliphatic carbocycles. The molecule has 0 N–H and O–H groups in total. The summed E-state index contributed by atoms with van der Waals surface area (Å²) in [6, 6.07) is 0. The average molecular weight is 393 g/mol. The first-order chi connectivity index (χ1) is 13.7. The van der Waals surface area contributed by atoms with Gasteiger partial charge in [-0.15, -0.1) is 0 Å². The van der Waals surface area contributed by atoms with Gasteiger partial charge in [0.2, 0.25) is 0 Å². The Kier molecular flexibility index (Phi) is 16.0. The van der Waals surface area contributed by atoms with Crippen molar-refractivity contribution in [2.45, 2.75) is 129 Å². The van der Waals surface area contributed by atoms with Crippen LogP contribution in [-0.2, 0) is 14.3 Å². The van der Waals surface area contributed by atoms with E-state index in [2.05, 4.69) is 23.8 Å². The van der Waals surface area contributed by atoms with Crippen molar-refractivity contribution in [2.24, 2.45) is 5.92 Å². The molecule has 0 amide bonds. The molecule has 162 valence electrons. The molecule has 0 spiro atoms. The first-order valence-corrected chi connectivity index (χ1v) is 12.1. The van der Waals surface area contributed by atoms with Gasteiger partial charge in [-0.1, -0.05) is 109 Å².